The second-order valence-electron chi connectivity index (χ2n) is 6.94. The second kappa shape index (κ2) is 7.68. The molecule has 3 heterocycles. The highest BCUT2D eigenvalue weighted by atomic mass is 32.1. The number of oxime groups is 1. The molecule has 1 aromatic heterocycles. The maximum Gasteiger partial charge on any atom is 0.365 e. The van der Waals surface area contributed by atoms with Crippen LogP contribution in [0, 0.1) is 5.82 Å². The average molecular weight is 372 g/mol. The van der Waals surface area contributed by atoms with Crippen molar-refractivity contribution in [2.24, 2.45) is 5.16 Å². The molecule has 0 aliphatic carbocycles. The fourth-order valence-corrected chi connectivity index (χ4v) is 4.66. The molecule has 0 amide bonds. The van der Waals surface area contributed by atoms with Crippen molar-refractivity contribution in [2.45, 2.75) is 50.7 Å². The first-order valence-electron chi connectivity index (χ1n) is 9.00. The summed E-state index contributed by atoms with van der Waals surface area (Å²) in [5, 5.41) is 6.27. The van der Waals surface area contributed by atoms with Gasteiger partial charge in [-0.3, -0.25) is 4.90 Å². The highest BCUT2D eigenvalue weighted by Crippen LogP contribution is 2.34. The van der Waals surface area contributed by atoms with Crippen LogP contribution in [0.1, 0.15) is 47.3 Å². The summed E-state index contributed by atoms with van der Waals surface area (Å²) in [7, 11) is 0. The zero-order valence-corrected chi connectivity index (χ0v) is 15.3. The third-order valence-electron chi connectivity index (χ3n) is 5.21. The molecule has 2 bridgehead atoms. The lowest BCUT2D eigenvalue weighted by Crippen LogP contribution is -2.51. The first kappa shape index (κ1) is 17.4. The predicted octanol–water partition coefficient (Wildman–Crippen LogP) is 4.62. The number of rotatable bonds is 4. The van der Waals surface area contributed by atoms with Crippen LogP contribution < -0.4 is 0 Å². The summed E-state index contributed by atoms with van der Waals surface area (Å²) in [6.45, 7) is 0.996. The summed E-state index contributed by atoms with van der Waals surface area (Å²) in [4.78, 5) is 21.2. The van der Waals surface area contributed by atoms with Crippen LogP contribution in [0.5, 0.6) is 0 Å². The van der Waals surface area contributed by atoms with Gasteiger partial charge in [0.2, 0.25) is 0 Å². The van der Waals surface area contributed by atoms with Crippen LogP contribution in [-0.4, -0.2) is 28.7 Å². The molecule has 0 N–H and O–H groups in total. The Hall–Kier alpha value is -2.05. The Morgan fingerprint density at radius 1 is 1.19 bits per heavy atom. The van der Waals surface area contributed by atoms with Gasteiger partial charge in [-0.1, -0.05) is 17.6 Å². The van der Waals surface area contributed by atoms with Crippen molar-refractivity contribution in [3.8, 4) is 0 Å². The van der Waals surface area contributed by atoms with E-state index in [2.05, 4.69) is 27.6 Å². The molecule has 2 aliphatic rings. The van der Waals surface area contributed by atoms with Gasteiger partial charge in [0, 0.05) is 36.3 Å². The molecule has 0 spiro atoms. The number of carbonyl (C=O) groups excluding carboxylic acids is 1. The van der Waals surface area contributed by atoms with Crippen molar-refractivity contribution in [1.82, 2.24) is 4.90 Å². The summed E-state index contributed by atoms with van der Waals surface area (Å²) in [5.41, 5.74) is 1.27. The molecule has 0 unspecified atom stereocenters. The number of thiophene rings is 1. The van der Waals surface area contributed by atoms with E-state index in [-0.39, 0.29) is 5.82 Å². The van der Waals surface area contributed by atoms with E-state index in [1.807, 2.05) is 0 Å². The van der Waals surface area contributed by atoms with Gasteiger partial charge in [-0.25, -0.2) is 9.18 Å². The minimum Gasteiger partial charge on any atom is -0.313 e. The molecular weight excluding hydrogens is 351 g/mol. The Morgan fingerprint density at radius 3 is 2.58 bits per heavy atom. The summed E-state index contributed by atoms with van der Waals surface area (Å²) in [5.74, 6) is -0.914. The molecule has 0 radical (unpaired) electrons. The second-order valence-corrected chi connectivity index (χ2v) is 7.97. The first-order valence-corrected chi connectivity index (χ1v) is 9.88. The largest absolute Gasteiger partial charge is 0.365 e. The summed E-state index contributed by atoms with van der Waals surface area (Å²) < 4.78 is 12.9. The molecule has 4 nitrogen and oxygen atoms in total. The summed E-state index contributed by atoms with van der Waals surface area (Å²) in [6.07, 6.45) is 5.26. The highest BCUT2D eigenvalue weighted by Gasteiger charge is 2.37. The fourth-order valence-electron chi connectivity index (χ4n) is 3.94. The first-order chi connectivity index (χ1) is 12.7. The zero-order valence-electron chi connectivity index (χ0n) is 14.4. The van der Waals surface area contributed by atoms with E-state index in [4.69, 9.17) is 4.84 Å². The Balaban J connectivity index is 1.40. The number of carbonyl (C=O) groups is 1. The van der Waals surface area contributed by atoms with Crippen LogP contribution in [-0.2, 0) is 11.4 Å². The van der Waals surface area contributed by atoms with Crippen LogP contribution in [0.4, 0.5) is 4.39 Å². The van der Waals surface area contributed by atoms with E-state index < -0.39 is 5.97 Å². The predicted molar refractivity (Wildman–Crippen MR) is 99.8 cm³/mol. The fraction of sp³-hybridized carbons (Fsp3) is 0.400. The molecule has 136 valence electrons. The molecule has 26 heavy (non-hydrogen) atoms. The quantitative estimate of drug-likeness (QED) is 0.581. The Bertz CT molecular complexity index is 773. The standard InChI is InChI=1S/C20H21FN2O2S/c21-15-8-6-14(7-9-15)20(24)25-22-16-11-17-3-1-4-18(12-16)23(17)13-19-5-2-10-26-19/h2,5-10,17-18H,1,3-4,11-13H2/t17-,18+. The number of benzene rings is 1. The van der Waals surface area contributed by atoms with Gasteiger partial charge in [-0.05, 0) is 48.6 Å². The van der Waals surface area contributed by atoms with Crippen molar-refractivity contribution in [3.63, 3.8) is 0 Å². The third kappa shape index (κ3) is 3.86. The van der Waals surface area contributed by atoms with Gasteiger partial charge in [0.25, 0.3) is 0 Å². The van der Waals surface area contributed by atoms with Crippen LogP contribution in [0.25, 0.3) is 0 Å². The number of nitrogens with zero attached hydrogens (tertiary/aromatic N) is 2. The molecule has 2 saturated heterocycles. The van der Waals surface area contributed by atoms with Crippen LogP contribution >= 0.6 is 11.3 Å². The number of piperidine rings is 2. The van der Waals surface area contributed by atoms with Gasteiger partial charge in [0.05, 0.1) is 11.3 Å². The van der Waals surface area contributed by atoms with E-state index in [0.717, 1.165) is 37.9 Å². The summed E-state index contributed by atoms with van der Waals surface area (Å²) >= 11 is 1.80. The van der Waals surface area contributed by atoms with E-state index in [1.54, 1.807) is 11.3 Å². The maximum absolute atomic E-state index is 12.9. The van der Waals surface area contributed by atoms with Crippen LogP contribution in [0.2, 0.25) is 0 Å². The van der Waals surface area contributed by atoms with Crippen molar-refractivity contribution < 1.29 is 14.0 Å². The Kier molecular flexibility index (Phi) is 5.13. The summed E-state index contributed by atoms with van der Waals surface area (Å²) in [6, 6.07) is 10.5. The minimum absolute atomic E-state index is 0.311. The van der Waals surface area contributed by atoms with E-state index >= 15 is 0 Å². The van der Waals surface area contributed by atoms with Crippen LogP contribution in [0.3, 0.4) is 0 Å². The molecule has 2 atom stereocenters. The molecular formula is C20H21FN2O2S. The molecule has 4 rings (SSSR count). The number of hydrogen-bond donors (Lipinski definition) is 0. The smallest absolute Gasteiger partial charge is 0.313 e. The molecule has 2 aromatic rings. The average Bonchev–Trinajstić information content (AvgIpc) is 3.13. The van der Waals surface area contributed by atoms with Gasteiger partial charge >= 0.3 is 5.97 Å². The van der Waals surface area contributed by atoms with Crippen LogP contribution in [0.15, 0.2) is 46.9 Å². The van der Waals surface area contributed by atoms with Crippen molar-refractivity contribution in [3.05, 3.63) is 58.0 Å². The topological polar surface area (TPSA) is 41.9 Å². The van der Waals surface area contributed by atoms with Gasteiger partial charge in [-0.15, -0.1) is 11.3 Å². The molecule has 2 fully saturated rings. The normalized spacial score (nSPS) is 24.6. The van der Waals surface area contributed by atoms with Gasteiger partial charge in [-0.2, -0.15) is 0 Å². The highest BCUT2D eigenvalue weighted by molar-refractivity contribution is 7.09. The number of halogens is 1. The van der Waals surface area contributed by atoms with E-state index in [1.165, 1.54) is 35.6 Å². The van der Waals surface area contributed by atoms with Gasteiger partial charge < -0.3 is 4.84 Å². The Morgan fingerprint density at radius 2 is 1.92 bits per heavy atom. The number of hydrogen-bond acceptors (Lipinski definition) is 5. The monoisotopic (exact) mass is 372 g/mol. The Labute approximate surface area is 156 Å². The lowest BCUT2D eigenvalue weighted by atomic mass is 9.83. The maximum atomic E-state index is 12.9. The van der Waals surface area contributed by atoms with E-state index in [0.29, 0.717) is 17.6 Å². The van der Waals surface area contributed by atoms with Crippen molar-refractivity contribution in [2.75, 3.05) is 0 Å². The lowest BCUT2D eigenvalue weighted by molar-refractivity contribution is 0.0478. The molecule has 6 heteroatoms. The molecule has 0 saturated carbocycles. The van der Waals surface area contributed by atoms with Gasteiger partial charge in [0.1, 0.15) is 5.82 Å². The number of fused-ring (bicyclic) bond motifs is 2. The SMILES string of the molecule is O=C(ON=C1C[C@H]2CCC[C@@H](C1)N2Cc1cccs1)c1ccc(F)cc1. The minimum atomic E-state index is -0.538. The van der Waals surface area contributed by atoms with E-state index in [9.17, 15) is 9.18 Å². The lowest BCUT2D eigenvalue weighted by Gasteiger charge is -2.46. The third-order valence-corrected chi connectivity index (χ3v) is 6.07. The zero-order chi connectivity index (χ0) is 17.9. The molecule has 2 aliphatic heterocycles. The molecule has 1 aromatic carbocycles. The van der Waals surface area contributed by atoms with Crippen molar-refractivity contribution >= 4 is 23.0 Å². The van der Waals surface area contributed by atoms with Crippen molar-refractivity contribution in [1.29, 1.82) is 0 Å². The van der Waals surface area contributed by atoms with Gasteiger partial charge in [0.15, 0.2) is 0 Å².